The first kappa shape index (κ1) is 11.6. The molecule has 0 amide bonds. The van der Waals surface area contributed by atoms with Crippen molar-refractivity contribution in [2.24, 2.45) is 0 Å². The highest BCUT2D eigenvalue weighted by Gasteiger charge is 2.08. The van der Waals surface area contributed by atoms with E-state index >= 15 is 0 Å². The van der Waals surface area contributed by atoms with Gasteiger partial charge in [0.25, 0.3) is 0 Å². The Bertz CT molecular complexity index is 483. The highest BCUT2D eigenvalue weighted by molar-refractivity contribution is 5.97. The molecule has 0 saturated heterocycles. The van der Waals surface area contributed by atoms with Gasteiger partial charge in [-0.25, -0.2) is 4.98 Å². The zero-order valence-corrected chi connectivity index (χ0v) is 10.1. The molecule has 1 aromatic heterocycles. The molecule has 0 aliphatic heterocycles. The molecule has 1 N–H and O–H groups in total. The molecule has 1 heterocycles. The van der Waals surface area contributed by atoms with Gasteiger partial charge in [0.05, 0.1) is 6.42 Å². The third-order valence-corrected chi connectivity index (χ3v) is 2.78. The molecule has 0 atom stereocenters. The van der Waals surface area contributed by atoms with E-state index in [0.29, 0.717) is 18.2 Å². The summed E-state index contributed by atoms with van der Waals surface area (Å²) in [6, 6.07) is 7.81. The fraction of sp³-hybridized carbons (Fsp3) is 0.286. The van der Waals surface area contributed by atoms with Crippen molar-refractivity contribution in [1.29, 1.82) is 0 Å². The minimum absolute atomic E-state index is 0.0928. The maximum atomic E-state index is 11.9. The van der Waals surface area contributed by atoms with Crippen LogP contribution in [-0.4, -0.2) is 15.8 Å². The van der Waals surface area contributed by atoms with E-state index in [1.54, 1.807) is 12.4 Å². The molecule has 0 fully saturated rings. The van der Waals surface area contributed by atoms with E-state index in [2.05, 4.69) is 23.8 Å². The Balaban J connectivity index is 2.09. The first-order valence-corrected chi connectivity index (χ1v) is 5.78. The first-order valence-electron chi connectivity index (χ1n) is 5.78. The molecule has 0 spiro atoms. The predicted octanol–water partition coefficient (Wildman–Crippen LogP) is 2.96. The Labute approximate surface area is 101 Å². The predicted molar refractivity (Wildman–Crippen MR) is 67.2 cm³/mol. The summed E-state index contributed by atoms with van der Waals surface area (Å²) in [5.41, 5.74) is 1.99. The van der Waals surface area contributed by atoms with Crippen molar-refractivity contribution < 1.29 is 4.79 Å². The van der Waals surface area contributed by atoms with Crippen molar-refractivity contribution in [1.82, 2.24) is 9.97 Å². The lowest BCUT2D eigenvalue weighted by atomic mass is 10.00. The van der Waals surface area contributed by atoms with Crippen LogP contribution in [0.25, 0.3) is 0 Å². The number of hydrogen-bond donors (Lipinski definition) is 1. The van der Waals surface area contributed by atoms with Crippen LogP contribution in [0.1, 0.15) is 41.5 Å². The van der Waals surface area contributed by atoms with Crippen LogP contribution in [0.2, 0.25) is 0 Å². The van der Waals surface area contributed by atoms with Gasteiger partial charge in [0.1, 0.15) is 5.82 Å². The Kier molecular flexibility index (Phi) is 3.38. The number of hydrogen-bond acceptors (Lipinski definition) is 2. The molecule has 88 valence electrons. The van der Waals surface area contributed by atoms with Crippen LogP contribution in [0.15, 0.2) is 36.7 Å². The molecular weight excluding hydrogens is 212 g/mol. The Hall–Kier alpha value is -1.90. The number of carbonyl (C=O) groups excluding carboxylic acids is 1. The number of aromatic amines is 1. The summed E-state index contributed by atoms with van der Waals surface area (Å²) in [6.45, 7) is 4.28. The van der Waals surface area contributed by atoms with Crippen LogP contribution in [0.5, 0.6) is 0 Å². The number of benzene rings is 1. The van der Waals surface area contributed by atoms with E-state index in [1.807, 2.05) is 24.3 Å². The smallest absolute Gasteiger partial charge is 0.170 e. The van der Waals surface area contributed by atoms with Gasteiger partial charge >= 0.3 is 0 Å². The number of nitrogens with one attached hydrogen (secondary N) is 1. The van der Waals surface area contributed by atoms with E-state index < -0.39 is 0 Å². The van der Waals surface area contributed by atoms with Gasteiger partial charge in [-0.2, -0.15) is 0 Å². The molecule has 0 aliphatic rings. The highest BCUT2D eigenvalue weighted by atomic mass is 16.1. The largest absolute Gasteiger partial charge is 0.348 e. The molecule has 2 aromatic rings. The van der Waals surface area contributed by atoms with Crippen LogP contribution < -0.4 is 0 Å². The maximum Gasteiger partial charge on any atom is 0.170 e. The Morgan fingerprint density at radius 2 is 2.00 bits per heavy atom. The maximum absolute atomic E-state index is 11.9. The number of nitrogens with zero attached hydrogens (tertiary/aromatic N) is 1. The fourth-order valence-electron chi connectivity index (χ4n) is 1.70. The number of rotatable bonds is 4. The fourth-order valence-corrected chi connectivity index (χ4v) is 1.70. The molecule has 0 aliphatic carbocycles. The SMILES string of the molecule is CC(C)c1ccc(C(=O)Cc2ncc[nH]2)cc1. The standard InChI is InChI=1S/C14H16N2O/c1-10(2)11-3-5-12(6-4-11)13(17)9-14-15-7-8-16-14/h3-8,10H,9H2,1-2H3,(H,15,16). The van der Waals surface area contributed by atoms with Gasteiger partial charge in [-0.05, 0) is 11.5 Å². The lowest BCUT2D eigenvalue weighted by Crippen LogP contribution is -2.05. The normalized spacial score (nSPS) is 10.8. The van der Waals surface area contributed by atoms with E-state index in [1.165, 1.54) is 5.56 Å². The Morgan fingerprint density at radius 1 is 1.29 bits per heavy atom. The number of imidazole rings is 1. The van der Waals surface area contributed by atoms with Crippen LogP contribution in [0, 0.1) is 0 Å². The molecule has 1 aromatic carbocycles. The van der Waals surface area contributed by atoms with Crippen molar-refractivity contribution in [3.63, 3.8) is 0 Å². The van der Waals surface area contributed by atoms with Crippen molar-refractivity contribution >= 4 is 5.78 Å². The third-order valence-electron chi connectivity index (χ3n) is 2.78. The number of ketones is 1. The molecular formula is C14H16N2O. The third kappa shape index (κ3) is 2.81. The topological polar surface area (TPSA) is 45.8 Å². The number of H-pyrrole nitrogens is 1. The summed E-state index contributed by atoms with van der Waals surface area (Å²) in [5.74, 6) is 1.29. The summed E-state index contributed by atoms with van der Waals surface area (Å²) < 4.78 is 0. The van der Waals surface area contributed by atoms with Gasteiger partial charge < -0.3 is 4.98 Å². The molecule has 0 bridgehead atoms. The van der Waals surface area contributed by atoms with Crippen molar-refractivity contribution in [2.45, 2.75) is 26.2 Å². The van der Waals surface area contributed by atoms with E-state index in [4.69, 9.17) is 0 Å². The summed E-state index contributed by atoms with van der Waals surface area (Å²) in [6.07, 6.45) is 3.71. The summed E-state index contributed by atoms with van der Waals surface area (Å²) in [7, 11) is 0. The van der Waals surface area contributed by atoms with E-state index in [-0.39, 0.29) is 5.78 Å². The van der Waals surface area contributed by atoms with E-state index in [9.17, 15) is 4.79 Å². The van der Waals surface area contributed by atoms with Gasteiger partial charge in [0.2, 0.25) is 0 Å². The van der Waals surface area contributed by atoms with Crippen LogP contribution >= 0.6 is 0 Å². The zero-order chi connectivity index (χ0) is 12.3. The number of carbonyl (C=O) groups is 1. The summed E-state index contributed by atoms with van der Waals surface area (Å²) >= 11 is 0. The highest BCUT2D eigenvalue weighted by Crippen LogP contribution is 2.15. The van der Waals surface area contributed by atoms with Crippen LogP contribution in [0.4, 0.5) is 0 Å². The van der Waals surface area contributed by atoms with Crippen molar-refractivity contribution in [2.75, 3.05) is 0 Å². The molecule has 0 saturated carbocycles. The number of Topliss-reactive ketones (excluding diaryl/α,β-unsaturated/α-hetero) is 1. The summed E-state index contributed by atoms with van der Waals surface area (Å²) in [4.78, 5) is 18.9. The minimum atomic E-state index is 0.0928. The molecule has 2 rings (SSSR count). The first-order chi connectivity index (χ1) is 8.16. The summed E-state index contributed by atoms with van der Waals surface area (Å²) in [5, 5.41) is 0. The Morgan fingerprint density at radius 3 is 2.53 bits per heavy atom. The molecule has 0 unspecified atom stereocenters. The number of aromatic nitrogens is 2. The second kappa shape index (κ2) is 4.95. The zero-order valence-electron chi connectivity index (χ0n) is 10.1. The van der Waals surface area contributed by atoms with Gasteiger partial charge in [-0.1, -0.05) is 38.1 Å². The molecule has 3 heteroatoms. The minimum Gasteiger partial charge on any atom is -0.348 e. The molecule has 17 heavy (non-hydrogen) atoms. The average Bonchev–Trinajstić information content (AvgIpc) is 2.82. The lowest BCUT2D eigenvalue weighted by Gasteiger charge is -2.05. The van der Waals surface area contributed by atoms with Crippen molar-refractivity contribution in [3.8, 4) is 0 Å². The van der Waals surface area contributed by atoms with Gasteiger partial charge in [0.15, 0.2) is 5.78 Å². The second-order valence-corrected chi connectivity index (χ2v) is 4.41. The van der Waals surface area contributed by atoms with Crippen LogP contribution in [0.3, 0.4) is 0 Å². The second-order valence-electron chi connectivity index (χ2n) is 4.41. The average molecular weight is 228 g/mol. The quantitative estimate of drug-likeness (QED) is 0.818. The van der Waals surface area contributed by atoms with Gasteiger partial charge in [0, 0.05) is 18.0 Å². The van der Waals surface area contributed by atoms with Crippen molar-refractivity contribution in [3.05, 3.63) is 53.6 Å². The van der Waals surface area contributed by atoms with E-state index in [0.717, 1.165) is 5.56 Å². The molecule has 3 nitrogen and oxygen atoms in total. The van der Waals surface area contributed by atoms with Crippen LogP contribution in [-0.2, 0) is 6.42 Å². The molecule has 0 radical (unpaired) electrons. The lowest BCUT2D eigenvalue weighted by molar-refractivity contribution is 0.0991. The van der Waals surface area contributed by atoms with Gasteiger partial charge in [-0.15, -0.1) is 0 Å². The van der Waals surface area contributed by atoms with Gasteiger partial charge in [-0.3, -0.25) is 4.79 Å². The monoisotopic (exact) mass is 228 g/mol.